The molecule has 0 radical (unpaired) electrons. The van der Waals surface area contributed by atoms with Crippen LogP contribution in [0, 0.1) is 6.92 Å². The number of likely N-dealkylation sites (N-methyl/N-ethyl adjacent to an activating group) is 1. The second kappa shape index (κ2) is 11.4. The van der Waals surface area contributed by atoms with E-state index >= 15 is 0 Å². The molecule has 0 saturated carbocycles. The van der Waals surface area contributed by atoms with Gasteiger partial charge in [0, 0.05) is 25.0 Å². The molecule has 0 aliphatic heterocycles. The number of hydrogen-bond acceptors (Lipinski definition) is 5. The maximum atomic E-state index is 12.3. The van der Waals surface area contributed by atoms with Crippen LogP contribution in [0.15, 0.2) is 58.9 Å². The molecule has 0 bridgehead atoms. The minimum Gasteiger partial charge on any atom is -0.496 e. The van der Waals surface area contributed by atoms with Crippen LogP contribution in [0.2, 0.25) is 0 Å². The zero-order chi connectivity index (χ0) is 23.8. The molecule has 1 amide bonds. The molecule has 0 aliphatic rings. The summed E-state index contributed by atoms with van der Waals surface area (Å²) in [7, 11) is 3.57. The molecule has 2 N–H and O–H groups in total. The lowest BCUT2D eigenvalue weighted by Crippen LogP contribution is -2.38. The summed E-state index contributed by atoms with van der Waals surface area (Å²) < 4.78 is 5.36. The van der Waals surface area contributed by atoms with E-state index in [9.17, 15) is 4.79 Å². The van der Waals surface area contributed by atoms with Gasteiger partial charge in [0.2, 0.25) is 6.41 Å². The van der Waals surface area contributed by atoms with Gasteiger partial charge in [0.25, 0.3) is 0 Å². The number of aryl methyl sites for hydroxylation is 1. The quantitative estimate of drug-likeness (QED) is 0.332. The predicted molar refractivity (Wildman–Crippen MR) is 135 cm³/mol. The Balaban J connectivity index is 2.52. The molecule has 2 aromatic rings. The van der Waals surface area contributed by atoms with Gasteiger partial charge in [-0.25, -0.2) is 0 Å². The Bertz CT molecular complexity index is 976. The molecule has 0 aromatic heterocycles. The summed E-state index contributed by atoms with van der Waals surface area (Å²) in [6.07, 6.45) is 1.86. The van der Waals surface area contributed by atoms with E-state index in [-0.39, 0.29) is 0 Å². The lowest BCUT2D eigenvalue weighted by Gasteiger charge is -2.30. The average molecular weight is 437 g/mol. The Morgan fingerprint density at radius 2 is 1.78 bits per heavy atom. The Hall–Kier alpha value is -3.28. The van der Waals surface area contributed by atoms with Gasteiger partial charge in [-0.1, -0.05) is 26.0 Å². The summed E-state index contributed by atoms with van der Waals surface area (Å²) in [5.74, 6) is 1.76. The van der Waals surface area contributed by atoms with Crippen LogP contribution in [0.3, 0.4) is 0 Å². The van der Waals surface area contributed by atoms with E-state index in [0.29, 0.717) is 35.4 Å². The van der Waals surface area contributed by atoms with Crippen LogP contribution in [-0.4, -0.2) is 32.9 Å². The second-order valence-electron chi connectivity index (χ2n) is 7.92. The van der Waals surface area contributed by atoms with Gasteiger partial charge in [-0.15, -0.1) is 0 Å². The number of aliphatic imine (C=N–C) groups is 1. The van der Waals surface area contributed by atoms with Crippen molar-refractivity contribution in [3.05, 3.63) is 65.0 Å². The summed E-state index contributed by atoms with van der Waals surface area (Å²) in [5.41, 5.74) is 11.5. The van der Waals surface area contributed by atoms with Crippen molar-refractivity contribution < 1.29 is 9.53 Å². The highest BCUT2D eigenvalue weighted by atomic mass is 16.5. The number of hydrogen-bond donors (Lipinski definition) is 1. The monoisotopic (exact) mass is 436 g/mol. The molecule has 1 atom stereocenters. The van der Waals surface area contributed by atoms with Crippen molar-refractivity contribution in [1.29, 1.82) is 0 Å². The molecule has 0 heterocycles. The van der Waals surface area contributed by atoms with Crippen LogP contribution in [-0.2, 0) is 4.79 Å². The first-order chi connectivity index (χ1) is 15.3. The fraction of sp³-hybridized carbons (Fsp3) is 0.385. The number of benzene rings is 2. The fourth-order valence-electron chi connectivity index (χ4n) is 3.64. The van der Waals surface area contributed by atoms with Gasteiger partial charge in [0.05, 0.1) is 12.8 Å². The fourth-order valence-corrected chi connectivity index (χ4v) is 3.64. The first-order valence-electron chi connectivity index (χ1n) is 11.0. The molecule has 6 nitrogen and oxygen atoms in total. The van der Waals surface area contributed by atoms with E-state index in [0.717, 1.165) is 29.8 Å². The predicted octanol–water partition coefficient (Wildman–Crippen LogP) is 5.22. The van der Waals surface area contributed by atoms with Gasteiger partial charge < -0.3 is 15.4 Å². The number of nitrogens with zero attached hydrogens (tertiary/aromatic N) is 3. The first-order valence-corrected chi connectivity index (χ1v) is 11.0. The molecular formula is C26H36N4O2. The van der Waals surface area contributed by atoms with Crippen LogP contribution in [0.4, 0.5) is 11.4 Å². The standard InChI is InChI=1S/C26H36N4O2/c1-8-18(3)21-10-12-22(13-11-21)29(6)25(20(5)27)26(28-9-2)30(17-31)23-14-15-24(32-7)19(4)16-23/h10-18H,8-9,27H2,1-7H3/b25-20-,28-26?. The van der Waals surface area contributed by atoms with Crippen molar-refractivity contribution in [2.75, 3.05) is 30.5 Å². The van der Waals surface area contributed by atoms with E-state index < -0.39 is 0 Å². The number of rotatable bonds is 9. The molecule has 1 unspecified atom stereocenters. The summed E-state index contributed by atoms with van der Waals surface area (Å²) in [6, 6.07) is 14.0. The van der Waals surface area contributed by atoms with Gasteiger partial charge in [-0.05, 0) is 74.6 Å². The lowest BCUT2D eigenvalue weighted by molar-refractivity contribution is -0.106. The molecule has 172 valence electrons. The Labute approximate surface area is 192 Å². The SMILES string of the molecule is CCN=C(/C(=C(\C)N)N(C)c1ccc(C(C)CC)cc1)N(C=O)c1ccc(OC)c(C)c1. The van der Waals surface area contributed by atoms with Crippen molar-refractivity contribution >= 4 is 23.6 Å². The molecule has 6 heteroatoms. The van der Waals surface area contributed by atoms with Gasteiger partial charge in [-0.2, -0.15) is 0 Å². The van der Waals surface area contributed by atoms with Crippen molar-refractivity contribution in [3.63, 3.8) is 0 Å². The van der Waals surface area contributed by atoms with E-state index in [1.165, 1.54) is 10.5 Å². The van der Waals surface area contributed by atoms with Crippen LogP contribution in [0.5, 0.6) is 5.75 Å². The topological polar surface area (TPSA) is 71.2 Å². The third kappa shape index (κ3) is 5.49. The summed E-state index contributed by atoms with van der Waals surface area (Å²) in [5, 5.41) is 0. The average Bonchev–Trinajstić information content (AvgIpc) is 2.79. The lowest BCUT2D eigenvalue weighted by atomic mass is 9.98. The highest BCUT2D eigenvalue weighted by molar-refractivity contribution is 6.20. The zero-order valence-electron chi connectivity index (χ0n) is 20.3. The van der Waals surface area contributed by atoms with Gasteiger partial charge in [0.15, 0.2) is 5.84 Å². The first kappa shape index (κ1) is 25.0. The highest BCUT2D eigenvalue weighted by Gasteiger charge is 2.23. The van der Waals surface area contributed by atoms with Crippen molar-refractivity contribution in [2.24, 2.45) is 10.7 Å². The normalized spacial score (nSPS) is 13.3. The van der Waals surface area contributed by atoms with Crippen LogP contribution >= 0.6 is 0 Å². The van der Waals surface area contributed by atoms with Crippen molar-refractivity contribution in [3.8, 4) is 5.75 Å². The molecule has 2 aromatic carbocycles. The second-order valence-corrected chi connectivity index (χ2v) is 7.92. The van der Waals surface area contributed by atoms with E-state index in [1.54, 1.807) is 7.11 Å². The van der Waals surface area contributed by atoms with E-state index in [1.807, 2.05) is 50.9 Å². The smallest absolute Gasteiger partial charge is 0.219 e. The summed E-state index contributed by atoms with van der Waals surface area (Å²) in [6.45, 7) is 10.6. The number of amidine groups is 1. The number of carbonyl (C=O) groups is 1. The van der Waals surface area contributed by atoms with E-state index in [2.05, 4.69) is 43.1 Å². The van der Waals surface area contributed by atoms with Crippen LogP contribution < -0.4 is 20.3 Å². The molecular weight excluding hydrogens is 400 g/mol. The zero-order valence-corrected chi connectivity index (χ0v) is 20.3. The molecule has 2 rings (SSSR count). The van der Waals surface area contributed by atoms with Gasteiger partial charge in [-0.3, -0.25) is 14.7 Å². The third-order valence-corrected chi connectivity index (χ3v) is 5.68. The van der Waals surface area contributed by atoms with Crippen molar-refractivity contribution in [2.45, 2.75) is 47.0 Å². The summed E-state index contributed by atoms with van der Waals surface area (Å²) >= 11 is 0. The molecule has 0 spiro atoms. The maximum Gasteiger partial charge on any atom is 0.219 e. The van der Waals surface area contributed by atoms with Crippen molar-refractivity contribution in [1.82, 2.24) is 0 Å². The van der Waals surface area contributed by atoms with Gasteiger partial charge >= 0.3 is 0 Å². The number of allylic oxidation sites excluding steroid dienone is 1. The minimum absolute atomic E-state index is 0.501. The molecule has 0 saturated heterocycles. The summed E-state index contributed by atoms with van der Waals surface area (Å²) in [4.78, 5) is 20.4. The Morgan fingerprint density at radius 3 is 2.25 bits per heavy atom. The van der Waals surface area contributed by atoms with Crippen LogP contribution in [0.1, 0.15) is 51.2 Å². The van der Waals surface area contributed by atoms with Crippen LogP contribution in [0.25, 0.3) is 0 Å². The Kier molecular flexibility index (Phi) is 8.88. The molecule has 0 fully saturated rings. The number of ether oxygens (including phenoxy) is 1. The number of nitrogens with two attached hydrogens (primary N) is 1. The Morgan fingerprint density at radius 1 is 1.16 bits per heavy atom. The number of amides is 1. The highest BCUT2D eigenvalue weighted by Crippen LogP contribution is 2.28. The minimum atomic E-state index is 0.501. The largest absolute Gasteiger partial charge is 0.496 e. The maximum absolute atomic E-state index is 12.3. The number of carbonyl (C=O) groups excluding carboxylic acids is 1. The van der Waals surface area contributed by atoms with Gasteiger partial charge in [0.1, 0.15) is 11.4 Å². The molecule has 0 aliphatic carbocycles. The molecule has 32 heavy (non-hydrogen) atoms. The number of anilines is 2. The third-order valence-electron chi connectivity index (χ3n) is 5.68. The van der Waals surface area contributed by atoms with E-state index in [4.69, 9.17) is 10.5 Å². The number of methoxy groups -OCH3 is 1.